The number of rotatable bonds is 6. The van der Waals surface area contributed by atoms with Crippen LogP contribution in [0.2, 0.25) is 0 Å². The predicted octanol–water partition coefficient (Wildman–Crippen LogP) is 1.29. The highest BCUT2D eigenvalue weighted by molar-refractivity contribution is 5.91. The van der Waals surface area contributed by atoms with Gasteiger partial charge < -0.3 is 19.1 Å². The van der Waals surface area contributed by atoms with Crippen LogP contribution in [-0.4, -0.2) is 60.9 Å². The second-order valence-electron chi connectivity index (χ2n) is 7.27. The molecule has 0 N–H and O–H groups in total. The molecule has 132 valence electrons. The Kier molecular flexibility index (Phi) is 4.12. The van der Waals surface area contributed by atoms with Crippen molar-refractivity contribution in [1.29, 1.82) is 0 Å². The maximum absolute atomic E-state index is 13.0. The topological polar surface area (TPSA) is 65.1 Å². The number of hydrogen-bond acceptors (Lipinski definition) is 5. The summed E-state index contributed by atoms with van der Waals surface area (Å²) in [6.45, 7) is 4.34. The minimum Gasteiger partial charge on any atom is -0.465 e. The quantitative estimate of drug-likeness (QED) is 0.416. The number of carbonyl (C=O) groups is 2. The second kappa shape index (κ2) is 6.15. The van der Waals surface area contributed by atoms with Gasteiger partial charge in [0.1, 0.15) is 11.5 Å². The van der Waals surface area contributed by atoms with Crippen molar-refractivity contribution in [3.63, 3.8) is 0 Å². The summed E-state index contributed by atoms with van der Waals surface area (Å²) in [5.41, 5.74) is -0.644. The van der Waals surface area contributed by atoms with Crippen LogP contribution in [0, 0.1) is 11.8 Å². The molecule has 3 saturated heterocycles. The third-order valence-electron chi connectivity index (χ3n) is 5.64. The van der Waals surface area contributed by atoms with E-state index in [1.54, 1.807) is 0 Å². The van der Waals surface area contributed by atoms with E-state index in [1.807, 2.05) is 17.1 Å². The highest BCUT2D eigenvalue weighted by atomic mass is 16.6. The Hall–Kier alpha value is -1.40. The van der Waals surface area contributed by atoms with Gasteiger partial charge in [-0.2, -0.15) is 0 Å². The lowest BCUT2D eigenvalue weighted by atomic mass is 9.77. The van der Waals surface area contributed by atoms with E-state index in [2.05, 4.69) is 6.92 Å². The fourth-order valence-corrected chi connectivity index (χ4v) is 4.45. The lowest BCUT2D eigenvalue weighted by Crippen LogP contribution is -2.40. The van der Waals surface area contributed by atoms with Crippen LogP contribution in [0.25, 0.3) is 0 Å². The molecule has 3 fully saturated rings. The highest BCUT2D eigenvalue weighted by Crippen LogP contribution is 2.52. The van der Waals surface area contributed by atoms with Gasteiger partial charge in [-0.15, -0.1) is 0 Å². The monoisotopic (exact) mass is 335 g/mol. The van der Waals surface area contributed by atoms with Crippen molar-refractivity contribution in [2.45, 2.75) is 50.4 Å². The first kappa shape index (κ1) is 16.1. The number of nitrogens with zero attached hydrogens (tertiary/aromatic N) is 1. The smallest absolute Gasteiger partial charge is 0.312 e. The molecule has 4 aliphatic rings. The summed E-state index contributed by atoms with van der Waals surface area (Å²) in [7, 11) is 0. The van der Waals surface area contributed by atoms with E-state index in [-0.39, 0.29) is 24.1 Å². The van der Waals surface area contributed by atoms with Crippen LogP contribution in [-0.2, 0) is 23.8 Å². The van der Waals surface area contributed by atoms with Crippen LogP contribution >= 0.6 is 0 Å². The van der Waals surface area contributed by atoms with E-state index in [1.165, 1.54) is 0 Å². The molecule has 0 aromatic rings. The number of fused-ring (bicyclic) bond motifs is 1. The fourth-order valence-electron chi connectivity index (χ4n) is 4.45. The first-order chi connectivity index (χ1) is 11.6. The minimum atomic E-state index is -0.644. The van der Waals surface area contributed by atoms with Gasteiger partial charge in [-0.05, 0) is 19.3 Å². The zero-order valence-corrected chi connectivity index (χ0v) is 14.1. The molecular weight excluding hydrogens is 310 g/mol. The third-order valence-corrected chi connectivity index (χ3v) is 5.64. The van der Waals surface area contributed by atoms with Gasteiger partial charge >= 0.3 is 5.97 Å². The summed E-state index contributed by atoms with van der Waals surface area (Å²) in [6, 6.07) is 0. The highest BCUT2D eigenvalue weighted by Gasteiger charge is 2.67. The predicted molar refractivity (Wildman–Crippen MR) is 85.1 cm³/mol. The van der Waals surface area contributed by atoms with Crippen LogP contribution in [0.15, 0.2) is 12.2 Å². The summed E-state index contributed by atoms with van der Waals surface area (Å²) >= 11 is 0. The number of carbonyl (C=O) groups excluding carboxylic acids is 2. The molecule has 5 atom stereocenters. The Morgan fingerprint density at radius 3 is 3.12 bits per heavy atom. The summed E-state index contributed by atoms with van der Waals surface area (Å²) < 4.78 is 17.1. The Labute approximate surface area is 142 Å². The maximum Gasteiger partial charge on any atom is 0.312 e. The zero-order chi connectivity index (χ0) is 16.7. The molecule has 4 rings (SSSR count). The zero-order valence-electron chi connectivity index (χ0n) is 14.1. The van der Waals surface area contributed by atoms with Crippen molar-refractivity contribution in [2.75, 3.05) is 26.3 Å². The molecule has 0 aromatic heterocycles. The van der Waals surface area contributed by atoms with Crippen molar-refractivity contribution in [1.82, 2.24) is 4.90 Å². The van der Waals surface area contributed by atoms with Gasteiger partial charge in [0, 0.05) is 13.2 Å². The standard InChI is InChI=1S/C18H25NO5/c1-2-3-8-23-17(21)14-13-6-7-18(24-13)11-19(16(20)15(14)18)10-12-5-4-9-22-12/h6-7,12-15H,2-5,8-11H2,1H3/t12-,13-,14-,15-,18+/m0/s1. The lowest BCUT2D eigenvalue weighted by molar-refractivity contribution is -0.154. The normalized spacial score (nSPS) is 39.7. The van der Waals surface area contributed by atoms with Crippen molar-refractivity contribution < 1.29 is 23.8 Å². The molecule has 24 heavy (non-hydrogen) atoms. The number of esters is 1. The number of unbranched alkanes of at least 4 members (excludes halogenated alkanes) is 1. The van der Waals surface area contributed by atoms with E-state index >= 15 is 0 Å². The van der Waals surface area contributed by atoms with E-state index in [4.69, 9.17) is 14.2 Å². The molecule has 0 saturated carbocycles. The molecule has 1 amide bonds. The average molecular weight is 335 g/mol. The Morgan fingerprint density at radius 2 is 2.38 bits per heavy atom. The van der Waals surface area contributed by atoms with Gasteiger partial charge in [-0.3, -0.25) is 9.59 Å². The molecular formula is C18H25NO5. The van der Waals surface area contributed by atoms with E-state index in [9.17, 15) is 9.59 Å². The summed E-state index contributed by atoms with van der Waals surface area (Å²) in [5.74, 6) is -1.23. The van der Waals surface area contributed by atoms with E-state index in [0.29, 0.717) is 19.7 Å². The number of amides is 1. The molecule has 1 spiro atoms. The van der Waals surface area contributed by atoms with Crippen LogP contribution < -0.4 is 0 Å². The summed E-state index contributed by atoms with van der Waals surface area (Å²) in [6.07, 6.45) is 7.54. The van der Waals surface area contributed by atoms with Gasteiger partial charge in [0.2, 0.25) is 5.91 Å². The molecule has 0 aromatic carbocycles. The first-order valence-electron chi connectivity index (χ1n) is 9.09. The van der Waals surface area contributed by atoms with Crippen LogP contribution in [0.5, 0.6) is 0 Å². The largest absolute Gasteiger partial charge is 0.465 e. The van der Waals surface area contributed by atoms with Gasteiger partial charge in [-0.25, -0.2) is 0 Å². The lowest BCUT2D eigenvalue weighted by Gasteiger charge is -2.23. The van der Waals surface area contributed by atoms with Gasteiger partial charge in [-0.1, -0.05) is 25.5 Å². The number of likely N-dealkylation sites (tertiary alicyclic amines) is 1. The summed E-state index contributed by atoms with van der Waals surface area (Å²) in [5, 5.41) is 0. The van der Waals surface area contributed by atoms with Gasteiger partial charge in [0.15, 0.2) is 0 Å². The van der Waals surface area contributed by atoms with Gasteiger partial charge in [0.25, 0.3) is 0 Å². The van der Waals surface area contributed by atoms with Gasteiger partial charge in [0.05, 0.1) is 31.3 Å². The SMILES string of the molecule is CCCCOC(=O)[C@H]1[C@@H]2C=C[C@]3(CN(C[C@@H]4CCCO4)C(=O)[C@H]13)O2. The van der Waals surface area contributed by atoms with Crippen molar-refractivity contribution >= 4 is 11.9 Å². The molecule has 6 heteroatoms. The minimum absolute atomic E-state index is 0.00907. The second-order valence-corrected chi connectivity index (χ2v) is 7.27. The van der Waals surface area contributed by atoms with Crippen LogP contribution in [0.1, 0.15) is 32.6 Å². The summed E-state index contributed by atoms with van der Waals surface area (Å²) in [4.78, 5) is 27.3. The third kappa shape index (κ3) is 2.47. The van der Waals surface area contributed by atoms with Crippen molar-refractivity contribution in [3.8, 4) is 0 Å². The van der Waals surface area contributed by atoms with E-state index < -0.39 is 17.4 Å². The number of hydrogen-bond donors (Lipinski definition) is 0. The fraction of sp³-hybridized carbons (Fsp3) is 0.778. The number of ether oxygens (including phenoxy) is 3. The molecule has 0 unspecified atom stereocenters. The maximum atomic E-state index is 13.0. The molecule has 6 nitrogen and oxygen atoms in total. The molecule has 0 aliphatic carbocycles. The van der Waals surface area contributed by atoms with E-state index in [0.717, 1.165) is 32.3 Å². The van der Waals surface area contributed by atoms with Crippen LogP contribution in [0.4, 0.5) is 0 Å². The first-order valence-corrected chi connectivity index (χ1v) is 9.09. The van der Waals surface area contributed by atoms with Crippen molar-refractivity contribution in [3.05, 3.63) is 12.2 Å². The molecule has 0 radical (unpaired) electrons. The molecule has 2 bridgehead atoms. The van der Waals surface area contributed by atoms with Crippen molar-refractivity contribution in [2.24, 2.45) is 11.8 Å². The van der Waals surface area contributed by atoms with Crippen LogP contribution in [0.3, 0.4) is 0 Å². The Bertz CT molecular complexity index is 556. The Balaban J connectivity index is 1.48. The molecule has 4 heterocycles. The molecule has 4 aliphatic heterocycles. The average Bonchev–Trinajstić information content (AvgIpc) is 3.31. The Morgan fingerprint density at radius 1 is 1.50 bits per heavy atom.